The van der Waals surface area contributed by atoms with Crippen LogP contribution in [0.5, 0.6) is 0 Å². The van der Waals surface area contributed by atoms with E-state index in [2.05, 4.69) is 36.5 Å². The third kappa shape index (κ3) is 3.64. The summed E-state index contributed by atoms with van der Waals surface area (Å²) in [7, 11) is 1.94. The molecule has 21 heavy (non-hydrogen) atoms. The van der Waals surface area contributed by atoms with Gasteiger partial charge in [0.05, 0.1) is 6.04 Å². The van der Waals surface area contributed by atoms with Crippen molar-refractivity contribution in [1.82, 2.24) is 14.5 Å². The van der Waals surface area contributed by atoms with E-state index < -0.39 is 0 Å². The SMILES string of the molecule is CCCc1ccc(C(Cn2ccn(CC)c2=O)NC)cc1. The van der Waals surface area contributed by atoms with Crippen molar-refractivity contribution in [2.24, 2.45) is 0 Å². The second kappa shape index (κ2) is 7.27. The van der Waals surface area contributed by atoms with E-state index in [4.69, 9.17) is 0 Å². The van der Waals surface area contributed by atoms with E-state index in [9.17, 15) is 4.79 Å². The molecule has 2 aromatic rings. The zero-order valence-corrected chi connectivity index (χ0v) is 13.2. The summed E-state index contributed by atoms with van der Waals surface area (Å²) in [5.74, 6) is 0. The van der Waals surface area contributed by atoms with Gasteiger partial charge in [0.25, 0.3) is 0 Å². The fourth-order valence-electron chi connectivity index (χ4n) is 2.60. The average Bonchev–Trinajstić information content (AvgIpc) is 2.86. The number of nitrogens with one attached hydrogen (secondary N) is 1. The number of likely N-dealkylation sites (N-methyl/N-ethyl adjacent to an activating group) is 1. The highest BCUT2D eigenvalue weighted by Gasteiger charge is 2.12. The highest BCUT2D eigenvalue weighted by atomic mass is 16.1. The number of aromatic nitrogens is 2. The molecule has 0 aliphatic carbocycles. The average molecular weight is 287 g/mol. The maximum absolute atomic E-state index is 12.1. The van der Waals surface area contributed by atoms with Gasteiger partial charge in [-0.05, 0) is 31.5 Å². The van der Waals surface area contributed by atoms with Crippen LogP contribution in [0.2, 0.25) is 0 Å². The van der Waals surface area contributed by atoms with Crippen molar-refractivity contribution >= 4 is 0 Å². The first-order valence-corrected chi connectivity index (χ1v) is 7.71. The van der Waals surface area contributed by atoms with E-state index in [1.165, 1.54) is 11.1 Å². The number of rotatable bonds is 7. The second-order valence-corrected chi connectivity index (χ2v) is 5.35. The van der Waals surface area contributed by atoms with E-state index in [1.807, 2.05) is 26.4 Å². The Hall–Kier alpha value is -1.81. The molecule has 1 atom stereocenters. The maximum Gasteiger partial charge on any atom is 0.328 e. The lowest BCUT2D eigenvalue weighted by Gasteiger charge is -2.17. The van der Waals surface area contributed by atoms with E-state index >= 15 is 0 Å². The number of imidazole rings is 1. The second-order valence-electron chi connectivity index (χ2n) is 5.35. The normalized spacial score (nSPS) is 12.5. The lowest BCUT2D eigenvalue weighted by Crippen LogP contribution is -2.29. The van der Waals surface area contributed by atoms with Crippen molar-refractivity contribution in [1.29, 1.82) is 0 Å². The van der Waals surface area contributed by atoms with Gasteiger partial charge in [0, 0.05) is 25.5 Å². The number of aryl methyl sites for hydroxylation is 2. The number of hydrogen-bond donors (Lipinski definition) is 1. The largest absolute Gasteiger partial charge is 0.328 e. The van der Waals surface area contributed by atoms with Crippen molar-refractivity contribution in [3.05, 3.63) is 58.3 Å². The van der Waals surface area contributed by atoms with Crippen molar-refractivity contribution < 1.29 is 0 Å². The van der Waals surface area contributed by atoms with Crippen molar-refractivity contribution in [2.75, 3.05) is 7.05 Å². The topological polar surface area (TPSA) is 39.0 Å². The van der Waals surface area contributed by atoms with Crippen LogP contribution in [0.25, 0.3) is 0 Å². The van der Waals surface area contributed by atoms with Crippen LogP contribution in [-0.4, -0.2) is 16.2 Å². The first-order valence-electron chi connectivity index (χ1n) is 7.71. The summed E-state index contributed by atoms with van der Waals surface area (Å²) in [5, 5.41) is 3.30. The van der Waals surface area contributed by atoms with Crippen LogP contribution in [0.1, 0.15) is 37.4 Å². The first kappa shape index (κ1) is 15.6. The maximum atomic E-state index is 12.1. The zero-order chi connectivity index (χ0) is 15.2. The van der Waals surface area contributed by atoms with E-state index in [1.54, 1.807) is 9.13 Å². The summed E-state index contributed by atoms with van der Waals surface area (Å²) >= 11 is 0. The molecule has 1 unspecified atom stereocenters. The molecule has 0 aliphatic heterocycles. The Morgan fingerprint density at radius 1 is 1.10 bits per heavy atom. The van der Waals surface area contributed by atoms with Crippen molar-refractivity contribution in [2.45, 2.75) is 45.8 Å². The van der Waals surface area contributed by atoms with Gasteiger partial charge in [-0.1, -0.05) is 37.6 Å². The van der Waals surface area contributed by atoms with Crippen molar-refractivity contribution in [3.8, 4) is 0 Å². The molecule has 0 saturated carbocycles. The van der Waals surface area contributed by atoms with Gasteiger partial charge in [0.15, 0.2) is 0 Å². The van der Waals surface area contributed by atoms with Crippen LogP contribution in [0, 0.1) is 0 Å². The summed E-state index contributed by atoms with van der Waals surface area (Å²) in [6, 6.07) is 8.83. The Morgan fingerprint density at radius 2 is 1.76 bits per heavy atom. The van der Waals surface area contributed by atoms with Crippen LogP contribution in [-0.2, 0) is 19.5 Å². The third-order valence-electron chi connectivity index (χ3n) is 3.91. The van der Waals surface area contributed by atoms with E-state index in [0.29, 0.717) is 13.1 Å². The Kier molecular flexibility index (Phi) is 5.39. The quantitative estimate of drug-likeness (QED) is 0.850. The minimum Gasteiger partial charge on any atom is -0.312 e. The number of nitrogens with zero attached hydrogens (tertiary/aromatic N) is 2. The molecule has 0 radical (unpaired) electrons. The van der Waals surface area contributed by atoms with Gasteiger partial charge in [-0.25, -0.2) is 4.79 Å². The van der Waals surface area contributed by atoms with Gasteiger partial charge in [-0.15, -0.1) is 0 Å². The minimum absolute atomic E-state index is 0.0559. The predicted octanol–water partition coefficient (Wildman–Crippen LogP) is 2.58. The molecule has 0 aliphatic rings. The summed E-state index contributed by atoms with van der Waals surface area (Å²) in [5.41, 5.74) is 2.64. The van der Waals surface area contributed by atoms with Crippen LogP contribution < -0.4 is 11.0 Å². The Balaban J connectivity index is 2.15. The van der Waals surface area contributed by atoms with Gasteiger partial charge in [-0.3, -0.25) is 9.13 Å². The smallest absolute Gasteiger partial charge is 0.312 e. The molecule has 1 aromatic carbocycles. The minimum atomic E-state index is 0.0559. The predicted molar refractivity (Wildman–Crippen MR) is 86.6 cm³/mol. The molecule has 4 heteroatoms. The van der Waals surface area contributed by atoms with Gasteiger partial charge in [0.1, 0.15) is 0 Å². The molecule has 4 nitrogen and oxygen atoms in total. The lowest BCUT2D eigenvalue weighted by molar-refractivity contribution is 0.485. The number of benzene rings is 1. The fraction of sp³-hybridized carbons (Fsp3) is 0.471. The molecule has 0 saturated heterocycles. The van der Waals surface area contributed by atoms with Gasteiger partial charge in [0.2, 0.25) is 0 Å². The Labute approximate surface area is 126 Å². The van der Waals surface area contributed by atoms with E-state index in [-0.39, 0.29) is 11.7 Å². The zero-order valence-electron chi connectivity index (χ0n) is 13.2. The van der Waals surface area contributed by atoms with Gasteiger partial charge < -0.3 is 5.32 Å². The van der Waals surface area contributed by atoms with Gasteiger partial charge >= 0.3 is 5.69 Å². The monoisotopic (exact) mass is 287 g/mol. The molecular formula is C17H25N3O. The molecular weight excluding hydrogens is 262 g/mol. The first-order chi connectivity index (χ1) is 10.2. The highest BCUT2D eigenvalue weighted by molar-refractivity contribution is 5.25. The Bertz CT molecular complexity index is 610. The van der Waals surface area contributed by atoms with E-state index in [0.717, 1.165) is 12.8 Å². The van der Waals surface area contributed by atoms with Crippen LogP contribution in [0.4, 0.5) is 0 Å². The fourth-order valence-corrected chi connectivity index (χ4v) is 2.60. The third-order valence-corrected chi connectivity index (χ3v) is 3.91. The molecule has 0 amide bonds. The molecule has 0 fully saturated rings. The van der Waals surface area contributed by atoms with Gasteiger partial charge in [-0.2, -0.15) is 0 Å². The molecule has 114 valence electrons. The summed E-state index contributed by atoms with van der Waals surface area (Å²) in [6.45, 7) is 5.53. The molecule has 1 aromatic heterocycles. The summed E-state index contributed by atoms with van der Waals surface area (Å²) < 4.78 is 3.49. The standard InChI is InChI=1S/C17H25N3O/c1-4-6-14-7-9-15(10-8-14)16(18-3)13-20-12-11-19(5-2)17(20)21/h7-12,16,18H,4-6,13H2,1-3H3. The van der Waals surface area contributed by atoms with Crippen LogP contribution in [0.15, 0.2) is 41.5 Å². The summed E-state index contributed by atoms with van der Waals surface area (Å²) in [6.07, 6.45) is 5.99. The molecule has 1 N–H and O–H groups in total. The number of hydrogen-bond acceptors (Lipinski definition) is 2. The Morgan fingerprint density at radius 3 is 2.29 bits per heavy atom. The van der Waals surface area contributed by atoms with Crippen LogP contribution in [0.3, 0.4) is 0 Å². The molecule has 2 rings (SSSR count). The highest BCUT2D eigenvalue weighted by Crippen LogP contribution is 2.16. The molecule has 0 bridgehead atoms. The molecule has 1 heterocycles. The van der Waals surface area contributed by atoms with Crippen molar-refractivity contribution in [3.63, 3.8) is 0 Å². The summed E-state index contributed by atoms with van der Waals surface area (Å²) in [4.78, 5) is 12.1. The molecule has 0 spiro atoms. The van der Waals surface area contributed by atoms with Crippen LogP contribution >= 0.6 is 0 Å². The lowest BCUT2D eigenvalue weighted by atomic mass is 10.0.